The summed E-state index contributed by atoms with van der Waals surface area (Å²) in [6.07, 6.45) is 0.991. The van der Waals surface area contributed by atoms with Crippen LogP contribution in [-0.4, -0.2) is 33.6 Å². The van der Waals surface area contributed by atoms with Crippen molar-refractivity contribution in [3.8, 4) is 0 Å². The smallest absolute Gasteiger partial charge is 0.137 e. The molecule has 1 aromatic heterocycles. The van der Waals surface area contributed by atoms with Crippen LogP contribution < -0.4 is 5.73 Å². The first-order valence-corrected chi connectivity index (χ1v) is 6.00. The zero-order chi connectivity index (χ0) is 12.7. The number of nitrogen functional groups attached to an aromatic ring is 1. The molecule has 1 saturated heterocycles. The molecule has 1 aliphatic rings. The van der Waals surface area contributed by atoms with Crippen molar-refractivity contribution in [3.63, 3.8) is 0 Å². The summed E-state index contributed by atoms with van der Waals surface area (Å²) in [5.41, 5.74) is 7.61. The van der Waals surface area contributed by atoms with Gasteiger partial charge in [-0.2, -0.15) is 0 Å². The lowest BCUT2D eigenvalue weighted by atomic mass is 10.2. The van der Waals surface area contributed by atoms with Gasteiger partial charge in [0.05, 0.1) is 18.2 Å². The van der Waals surface area contributed by atoms with Crippen LogP contribution >= 0.6 is 0 Å². The Labute approximate surface area is 104 Å². The van der Waals surface area contributed by atoms with E-state index in [1.54, 1.807) is 0 Å². The minimum absolute atomic E-state index is 0.168. The third-order valence-electron chi connectivity index (χ3n) is 3.49. The molecule has 1 aromatic carbocycles. The predicted octanol–water partition coefficient (Wildman–Crippen LogP) is 0.864. The van der Waals surface area contributed by atoms with Crippen molar-refractivity contribution >= 4 is 16.6 Å². The van der Waals surface area contributed by atoms with Gasteiger partial charge in [0, 0.05) is 23.7 Å². The molecule has 18 heavy (non-hydrogen) atoms. The lowest BCUT2D eigenvalue weighted by molar-refractivity contribution is -0.0428. The molecule has 0 unspecified atom stereocenters. The van der Waals surface area contributed by atoms with Gasteiger partial charge in [-0.1, -0.05) is 6.07 Å². The van der Waals surface area contributed by atoms with E-state index in [4.69, 9.17) is 15.6 Å². The summed E-state index contributed by atoms with van der Waals surface area (Å²) in [7, 11) is 0. The Bertz CT molecular complexity index is 566. The summed E-state index contributed by atoms with van der Waals surface area (Å²) >= 11 is 0. The zero-order valence-corrected chi connectivity index (χ0v) is 9.86. The van der Waals surface area contributed by atoms with Gasteiger partial charge in [0.1, 0.15) is 12.3 Å². The van der Waals surface area contributed by atoms with Gasteiger partial charge < -0.3 is 25.3 Å². The first-order valence-electron chi connectivity index (χ1n) is 6.00. The monoisotopic (exact) mass is 248 g/mol. The molecule has 5 nitrogen and oxygen atoms in total. The van der Waals surface area contributed by atoms with Crippen molar-refractivity contribution in [2.75, 3.05) is 12.3 Å². The normalized spacial score (nSPS) is 28.0. The molecule has 0 saturated carbocycles. The highest BCUT2D eigenvalue weighted by molar-refractivity contribution is 5.91. The third-order valence-corrected chi connectivity index (χ3v) is 3.49. The van der Waals surface area contributed by atoms with Crippen LogP contribution in [-0.2, 0) is 4.74 Å². The average molecular weight is 248 g/mol. The minimum atomic E-state index is -0.626. The standard InChI is InChI=1S/C13H16N2O3/c14-9-2-1-3-10-8(9)4-5-15(10)13-6-11(17)12(7-16)18-13/h1-5,11-13,16-17H,6-7,14H2/t11-,12+,13-/m0/s1. The number of nitrogens with two attached hydrogens (primary N) is 1. The van der Waals surface area contributed by atoms with Crippen LogP contribution in [0.3, 0.4) is 0 Å². The molecule has 1 fully saturated rings. The second-order valence-electron chi connectivity index (χ2n) is 4.62. The molecule has 3 atom stereocenters. The number of hydrogen-bond acceptors (Lipinski definition) is 4. The van der Waals surface area contributed by atoms with E-state index in [0.717, 1.165) is 16.6 Å². The lowest BCUT2D eigenvalue weighted by Gasteiger charge is -2.15. The number of hydrogen-bond donors (Lipinski definition) is 3. The van der Waals surface area contributed by atoms with Crippen molar-refractivity contribution < 1.29 is 14.9 Å². The van der Waals surface area contributed by atoms with Gasteiger partial charge in [0.15, 0.2) is 0 Å². The molecule has 0 aliphatic carbocycles. The van der Waals surface area contributed by atoms with Gasteiger partial charge in [-0.15, -0.1) is 0 Å². The maximum Gasteiger partial charge on any atom is 0.137 e. The Morgan fingerprint density at radius 2 is 2.22 bits per heavy atom. The molecule has 3 rings (SSSR count). The molecule has 96 valence electrons. The summed E-state index contributed by atoms with van der Waals surface area (Å²) in [5, 5.41) is 19.8. The molecule has 1 aliphatic heterocycles. The van der Waals surface area contributed by atoms with Gasteiger partial charge in [-0.25, -0.2) is 0 Å². The maximum atomic E-state index is 9.76. The fourth-order valence-corrected chi connectivity index (χ4v) is 2.51. The maximum absolute atomic E-state index is 9.76. The van der Waals surface area contributed by atoms with Gasteiger partial charge in [-0.3, -0.25) is 0 Å². The van der Waals surface area contributed by atoms with Crippen molar-refractivity contribution in [3.05, 3.63) is 30.5 Å². The first-order chi connectivity index (χ1) is 8.70. The number of aliphatic hydroxyl groups excluding tert-OH is 2. The highest BCUT2D eigenvalue weighted by Crippen LogP contribution is 2.33. The third kappa shape index (κ3) is 1.68. The average Bonchev–Trinajstić information content (AvgIpc) is 2.93. The zero-order valence-electron chi connectivity index (χ0n) is 9.86. The van der Waals surface area contributed by atoms with E-state index in [1.807, 2.05) is 35.0 Å². The van der Waals surface area contributed by atoms with Crippen molar-refractivity contribution in [1.82, 2.24) is 4.57 Å². The van der Waals surface area contributed by atoms with E-state index in [-0.39, 0.29) is 12.8 Å². The summed E-state index contributed by atoms with van der Waals surface area (Å²) in [4.78, 5) is 0. The number of benzene rings is 1. The second-order valence-corrected chi connectivity index (χ2v) is 4.62. The first kappa shape index (κ1) is 11.5. The van der Waals surface area contributed by atoms with Gasteiger partial charge in [0.25, 0.3) is 0 Å². The Hall–Kier alpha value is -1.56. The number of ether oxygens (including phenoxy) is 1. The van der Waals surface area contributed by atoms with Crippen LogP contribution in [0.15, 0.2) is 30.5 Å². The molecule has 0 bridgehead atoms. The minimum Gasteiger partial charge on any atom is -0.398 e. The number of fused-ring (bicyclic) bond motifs is 1. The molecule has 0 spiro atoms. The van der Waals surface area contributed by atoms with E-state index in [0.29, 0.717) is 6.42 Å². The van der Waals surface area contributed by atoms with E-state index in [9.17, 15) is 5.11 Å². The topological polar surface area (TPSA) is 80.6 Å². The highest BCUT2D eigenvalue weighted by Gasteiger charge is 2.34. The molecular weight excluding hydrogens is 232 g/mol. The van der Waals surface area contributed by atoms with E-state index < -0.39 is 12.2 Å². The van der Waals surface area contributed by atoms with Crippen molar-refractivity contribution in [2.45, 2.75) is 24.9 Å². The summed E-state index contributed by atoms with van der Waals surface area (Å²) in [6.45, 7) is -0.168. The van der Waals surface area contributed by atoms with Crippen molar-refractivity contribution in [2.24, 2.45) is 0 Å². The molecule has 0 amide bonds. The van der Waals surface area contributed by atoms with Crippen LogP contribution in [0.2, 0.25) is 0 Å². The SMILES string of the molecule is Nc1cccc2c1ccn2[C@@H]1C[C@H](O)[C@@H](CO)O1. The number of aromatic nitrogens is 1. The number of anilines is 1. The van der Waals surface area contributed by atoms with Crippen LogP contribution in [0.5, 0.6) is 0 Å². The number of rotatable bonds is 2. The van der Waals surface area contributed by atoms with E-state index in [1.165, 1.54) is 0 Å². The Balaban J connectivity index is 1.99. The molecule has 5 heteroatoms. The molecule has 2 heterocycles. The summed E-state index contributed by atoms with van der Waals surface area (Å²) < 4.78 is 7.59. The number of aliphatic hydroxyl groups is 2. The summed E-state index contributed by atoms with van der Waals surface area (Å²) in [5.74, 6) is 0. The quantitative estimate of drug-likeness (QED) is 0.689. The Morgan fingerprint density at radius 3 is 2.94 bits per heavy atom. The van der Waals surface area contributed by atoms with Crippen LogP contribution in [0.4, 0.5) is 5.69 Å². The molecular formula is C13H16N2O3. The van der Waals surface area contributed by atoms with Gasteiger partial charge >= 0.3 is 0 Å². The highest BCUT2D eigenvalue weighted by atomic mass is 16.5. The fraction of sp³-hybridized carbons (Fsp3) is 0.385. The van der Waals surface area contributed by atoms with Gasteiger partial charge in [0.2, 0.25) is 0 Å². The van der Waals surface area contributed by atoms with Gasteiger partial charge in [-0.05, 0) is 18.2 Å². The number of nitrogens with zero attached hydrogens (tertiary/aromatic N) is 1. The van der Waals surface area contributed by atoms with Crippen molar-refractivity contribution in [1.29, 1.82) is 0 Å². The van der Waals surface area contributed by atoms with Crippen LogP contribution in [0.1, 0.15) is 12.6 Å². The summed E-state index contributed by atoms with van der Waals surface area (Å²) in [6, 6.07) is 7.65. The molecule has 4 N–H and O–H groups in total. The van der Waals surface area contributed by atoms with E-state index >= 15 is 0 Å². The largest absolute Gasteiger partial charge is 0.398 e. The molecule has 2 aromatic rings. The van der Waals surface area contributed by atoms with Crippen LogP contribution in [0, 0.1) is 0 Å². The van der Waals surface area contributed by atoms with E-state index in [2.05, 4.69) is 0 Å². The fourth-order valence-electron chi connectivity index (χ4n) is 2.51. The molecule has 0 radical (unpaired) electrons. The Kier molecular flexibility index (Phi) is 2.74. The lowest BCUT2D eigenvalue weighted by Crippen LogP contribution is -2.24. The predicted molar refractivity (Wildman–Crippen MR) is 68.0 cm³/mol. The Morgan fingerprint density at radius 1 is 1.39 bits per heavy atom. The van der Waals surface area contributed by atoms with Crippen LogP contribution in [0.25, 0.3) is 10.9 Å². The second kappa shape index (κ2) is 4.28.